The molecule has 3 nitrogen and oxygen atoms in total. The fraction of sp³-hybridized carbons (Fsp3) is 0.800. The Morgan fingerprint density at radius 2 is 2.08 bits per heavy atom. The van der Waals surface area contributed by atoms with Crippen molar-refractivity contribution in [2.45, 2.75) is 44.5 Å². The first-order valence-electron chi connectivity index (χ1n) is 4.87. The number of rotatable bonds is 2. The number of hydrogen-bond donors (Lipinski definition) is 2. The standard InChI is InChI=1S/C10H18O3/c1-2-10-9(12)6-4-3-5-8(7-11)13-10/h3-4,8-12H,2,5-7H2,1H3/b4-3-. The van der Waals surface area contributed by atoms with Gasteiger partial charge in [-0.2, -0.15) is 0 Å². The molecule has 0 aromatic carbocycles. The summed E-state index contributed by atoms with van der Waals surface area (Å²) in [6.45, 7) is 2.00. The maximum atomic E-state index is 9.63. The molecule has 1 aliphatic rings. The maximum Gasteiger partial charge on any atom is 0.0845 e. The van der Waals surface area contributed by atoms with Gasteiger partial charge in [0.1, 0.15) is 0 Å². The first-order valence-corrected chi connectivity index (χ1v) is 4.87. The molecule has 13 heavy (non-hydrogen) atoms. The third kappa shape index (κ3) is 3.10. The smallest absolute Gasteiger partial charge is 0.0845 e. The van der Waals surface area contributed by atoms with Crippen molar-refractivity contribution in [2.75, 3.05) is 6.61 Å². The second kappa shape index (κ2) is 5.37. The average Bonchev–Trinajstić information content (AvgIpc) is 2.13. The minimum atomic E-state index is -0.435. The van der Waals surface area contributed by atoms with E-state index in [1.54, 1.807) is 0 Å². The van der Waals surface area contributed by atoms with Crippen LogP contribution in [0.3, 0.4) is 0 Å². The zero-order valence-electron chi connectivity index (χ0n) is 8.02. The van der Waals surface area contributed by atoms with Gasteiger partial charge in [0, 0.05) is 0 Å². The Morgan fingerprint density at radius 3 is 2.69 bits per heavy atom. The normalized spacial score (nSPS) is 37.9. The molecule has 0 fully saturated rings. The van der Waals surface area contributed by atoms with E-state index in [2.05, 4.69) is 0 Å². The van der Waals surface area contributed by atoms with Crippen molar-refractivity contribution in [1.82, 2.24) is 0 Å². The first-order chi connectivity index (χ1) is 6.27. The predicted octanol–water partition coefficient (Wildman–Crippen LogP) is 0.853. The Balaban J connectivity index is 2.57. The summed E-state index contributed by atoms with van der Waals surface area (Å²) in [7, 11) is 0. The van der Waals surface area contributed by atoms with E-state index in [-0.39, 0.29) is 18.8 Å². The molecule has 0 aromatic heterocycles. The molecule has 1 aliphatic heterocycles. The molecule has 1 heterocycles. The number of aliphatic hydroxyl groups is 2. The van der Waals surface area contributed by atoms with E-state index in [0.29, 0.717) is 6.42 Å². The van der Waals surface area contributed by atoms with Crippen LogP contribution in [-0.2, 0) is 4.74 Å². The largest absolute Gasteiger partial charge is 0.394 e. The SMILES string of the molecule is CCC1OC(CO)C/C=C\CC1O. The lowest BCUT2D eigenvalue weighted by Gasteiger charge is -2.27. The molecule has 0 aliphatic carbocycles. The molecule has 0 amide bonds. The van der Waals surface area contributed by atoms with Crippen LogP contribution in [0.5, 0.6) is 0 Å². The fourth-order valence-electron chi connectivity index (χ4n) is 1.51. The van der Waals surface area contributed by atoms with Crippen LogP contribution in [0.4, 0.5) is 0 Å². The highest BCUT2D eigenvalue weighted by Crippen LogP contribution is 2.16. The summed E-state index contributed by atoms with van der Waals surface area (Å²) >= 11 is 0. The van der Waals surface area contributed by atoms with Gasteiger partial charge in [-0.1, -0.05) is 19.1 Å². The lowest BCUT2D eigenvalue weighted by Crippen LogP contribution is -2.34. The van der Waals surface area contributed by atoms with Gasteiger partial charge in [-0.15, -0.1) is 0 Å². The molecule has 3 atom stereocenters. The summed E-state index contributed by atoms with van der Waals surface area (Å²) in [6, 6.07) is 0. The third-order valence-corrected chi connectivity index (χ3v) is 2.35. The monoisotopic (exact) mass is 186 g/mol. The van der Waals surface area contributed by atoms with Crippen molar-refractivity contribution in [3.8, 4) is 0 Å². The summed E-state index contributed by atoms with van der Waals surface area (Å²) in [6.07, 6.45) is 5.35. The second-order valence-corrected chi connectivity index (χ2v) is 3.40. The third-order valence-electron chi connectivity index (χ3n) is 2.35. The summed E-state index contributed by atoms with van der Waals surface area (Å²) in [5, 5.41) is 18.6. The van der Waals surface area contributed by atoms with Crippen LogP contribution in [0.2, 0.25) is 0 Å². The minimum Gasteiger partial charge on any atom is -0.394 e. The maximum absolute atomic E-state index is 9.63. The van der Waals surface area contributed by atoms with Crippen molar-refractivity contribution < 1.29 is 14.9 Å². The van der Waals surface area contributed by atoms with Gasteiger partial charge in [0.25, 0.3) is 0 Å². The van der Waals surface area contributed by atoms with Gasteiger partial charge in [-0.25, -0.2) is 0 Å². The molecular weight excluding hydrogens is 168 g/mol. The number of hydrogen-bond acceptors (Lipinski definition) is 3. The molecule has 0 bridgehead atoms. The molecule has 0 saturated carbocycles. The lowest BCUT2D eigenvalue weighted by molar-refractivity contribution is -0.0925. The zero-order valence-corrected chi connectivity index (χ0v) is 8.02. The Kier molecular flexibility index (Phi) is 4.42. The van der Waals surface area contributed by atoms with Crippen molar-refractivity contribution in [3.05, 3.63) is 12.2 Å². The van der Waals surface area contributed by atoms with Gasteiger partial charge >= 0.3 is 0 Å². The van der Waals surface area contributed by atoms with Crippen molar-refractivity contribution in [2.24, 2.45) is 0 Å². The molecule has 3 heteroatoms. The molecule has 3 unspecified atom stereocenters. The highest BCUT2D eigenvalue weighted by atomic mass is 16.5. The summed E-state index contributed by atoms with van der Waals surface area (Å²) in [4.78, 5) is 0. The van der Waals surface area contributed by atoms with Gasteiger partial charge in [0.2, 0.25) is 0 Å². The van der Waals surface area contributed by atoms with E-state index in [9.17, 15) is 5.11 Å². The van der Waals surface area contributed by atoms with Crippen LogP contribution in [-0.4, -0.2) is 35.1 Å². The summed E-state index contributed by atoms with van der Waals surface area (Å²) in [5.41, 5.74) is 0. The van der Waals surface area contributed by atoms with Gasteiger partial charge in [-0.3, -0.25) is 0 Å². The summed E-state index contributed by atoms with van der Waals surface area (Å²) < 4.78 is 5.55. The molecule has 0 radical (unpaired) electrons. The van der Waals surface area contributed by atoms with E-state index in [1.165, 1.54) is 0 Å². The van der Waals surface area contributed by atoms with Gasteiger partial charge in [-0.05, 0) is 19.3 Å². The van der Waals surface area contributed by atoms with E-state index < -0.39 is 6.10 Å². The molecule has 76 valence electrons. The molecule has 1 rings (SSSR count). The van der Waals surface area contributed by atoms with Gasteiger partial charge < -0.3 is 14.9 Å². The zero-order chi connectivity index (χ0) is 9.68. The molecule has 0 aromatic rings. The van der Waals surface area contributed by atoms with Crippen LogP contribution in [0.15, 0.2) is 12.2 Å². The Labute approximate surface area is 79.0 Å². The van der Waals surface area contributed by atoms with Crippen LogP contribution in [0, 0.1) is 0 Å². The quantitative estimate of drug-likeness (QED) is 0.629. The Morgan fingerprint density at radius 1 is 1.38 bits per heavy atom. The topological polar surface area (TPSA) is 49.7 Å². The Bertz CT molecular complexity index is 168. The van der Waals surface area contributed by atoms with E-state index in [0.717, 1.165) is 12.8 Å². The van der Waals surface area contributed by atoms with Gasteiger partial charge in [0.15, 0.2) is 0 Å². The van der Waals surface area contributed by atoms with Crippen LogP contribution in [0.25, 0.3) is 0 Å². The second-order valence-electron chi connectivity index (χ2n) is 3.40. The Hall–Kier alpha value is -0.380. The van der Waals surface area contributed by atoms with Crippen LogP contribution in [0.1, 0.15) is 26.2 Å². The van der Waals surface area contributed by atoms with Crippen LogP contribution < -0.4 is 0 Å². The molecule has 0 spiro atoms. The number of aliphatic hydroxyl groups excluding tert-OH is 2. The fourth-order valence-corrected chi connectivity index (χ4v) is 1.51. The van der Waals surface area contributed by atoms with Crippen molar-refractivity contribution in [1.29, 1.82) is 0 Å². The van der Waals surface area contributed by atoms with Crippen LogP contribution >= 0.6 is 0 Å². The average molecular weight is 186 g/mol. The van der Waals surface area contributed by atoms with Gasteiger partial charge in [0.05, 0.1) is 24.9 Å². The van der Waals surface area contributed by atoms with Crippen molar-refractivity contribution in [3.63, 3.8) is 0 Å². The predicted molar refractivity (Wildman–Crippen MR) is 50.4 cm³/mol. The molecular formula is C10H18O3. The highest BCUT2D eigenvalue weighted by Gasteiger charge is 2.22. The van der Waals surface area contributed by atoms with E-state index in [1.807, 2.05) is 19.1 Å². The first kappa shape index (κ1) is 10.7. The van der Waals surface area contributed by atoms with Crippen molar-refractivity contribution >= 4 is 0 Å². The molecule has 0 saturated heterocycles. The van der Waals surface area contributed by atoms with E-state index >= 15 is 0 Å². The highest BCUT2D eigenvalue weighted by molar-refractivity contribution is 4.91. The number of ether oxygens (including phenoxy) is 1. The van der Waals surface area contributed by atoms with E-state index in [4.69, 9.17) is 9.84 Å². The minimum absolute atomic E-state index is 0.0214. The summed E-state index contributed by atoms with van der Waals surface area (Å²) in [5.74, 6) is 0. The molecule has 2 N–H and O–H groups in total. The lowest BCUT2D eigenvalue weighted by atomic mass is 10.0.